The number of hydrogen-bond acceptors (Lipinski definition) is 7. The first-order valence-corrected chi connectivity index (χ1v) is 6.11. The maximum Gasteiger partial charge on any atom is 0.270 e. The van der Waals surface area contributed by atoms with Crippen molar-refractivity contribution in [2.75, 3.05) is 5.43 Å². The molecule has 0 aliphatic carbocycles. The van der Waals surface area contributed by atoms with Crippen molar-refractivity contribution in [2.24, 2.45) is 5.10 Å². The summed E-state index contributed by atoms with van der Waals surface area (Å²) in [7, 11) is 0. The van der Waals surface area contributed by atoms with E-state index in [2.05, 4.69) is 22.1 Å². The average Bonchev–Trinajstić information content (AvgIpc) is 2.91. The third-order valence-corrected chi connectivity index (χ3v) is 2.56. The Kier molecular flexibility index (Phi) is 4.29. The van der Waals surface area contributed by atoms with Crippen LogP contribution in [0.1, 0.15) is 24.1 Å². The van der Waals surface area contributed by atoms with Gasteiger partial charge < -0.3 is 4.42 Å². The summed E-state index contributed by atoms with van der Waals surface area (Å²) in [6, 6.07) is 7.83. The summed E-state index contributed by atoms with van der Waals surface area (Å²) in [4.78, 5) is 14.1. The maximum atomic E-state index is 10.7. The number of hydrogen-bond donors (Lipinski definition) is 1. The van der Waals surface area contributed by atoms with Crippen LogP contribution in [0.15, 0.2) is 40.4 Å². The molecule has 0 unspecified atom stereocenters. The SMILES string of the molecule is C=C(C)c1nc(C#N)c(NN=Cc2cccc([N+](=O)[O-])c2)o1. The Hall–Kier alpha value is -3.47. The highest BCUT2D eigenvalue weighted by molar-refractivity contribution is 5.81. The number of benzene rings is 1. The van der Waals surface area contributed by atoms with Crippen molar-refractivity contribution >= 4 is 23.4 Å². The largest absolute Gasteiger partial charge is 0.418 e. The molecule has 0 bridgehead atoms. The van der Waals surface area contributed by atoms with Crippen molar-refractivity contribution in [1.29, 1.82) is 5.26 Å². The average molecular weight is 297 g/mol. The first-order valence-electron chi connectivity index (χ1n) is 6.11. The zero-order valence-electron chi connectivity index (χ0n) is 11.6. The molecule has 0 atom stereocenters. The third kappa shape index (κ3) is 3.34. The van der Waals surface area contributed by atoms with Gasteiger partial charge in [0.25, 0.3) is 11.6 Å². The molecular weight excluding hydrogens is 286 g/mol. The van der Waals surface area contributed by atoms with Crippen LogP contribution in [0.3, 0.4) is 0 Å². The van der Waals surface area contributed by atoms with E-state index in [1.54, 1.807) is 19.1 Å². The molecule has 0 aliphatic heterocycles. The molecule has 0 radical (unpaired) electrons. The number of nitrogens with zero attached hydrogens (tertiary/aromatic N) is 4. The van der Waals surface area contributed by atoms with Crippen LogP contribution in [0.2, 0.25) is 0 Å². The molecule has 1 aromatic carbocycles. The first kappa shape index (κ1) is 14.9. The van der Waals surface area contributed by atoms with E-state index in [4.69, 9.17) is 9.68 Å². The molecule has 0 aliphatic rings. The number of nitrogens with one attached hydrogen (secondary N) is 1. The smallest absolute Gasteiger partial charge is 0.270 e. The van der Waals surface area contributed by atoms with Gasteiger partial charge in [-0.15, -0.1) is 0 Å². The van der Waals surface area contributed by atoms with Gasteiger partial charge in [-0.2, -0.15) is 15.3 Å². The van der Waals surface area contributed by atoms with E-state index in [0.29, 0.717) is 11.1 Å². The number of rotatable bonds is 5. The summed E-state index contributed by atoms with van der Waals surface area (Å²) in [6.07, 6.45) is 1.37. The Morgan fingerprint density at radius 1 is 1.64 bits per heavy atom. The molecule has 8 nitrogen and oxygen atoms in total. The highest BCUT2D eigenvalue weighted by Crippen LogP contribution is 2.20. The van der Waals surface area contributed by atoms with E-state index in [1.165, 1.54) is 18.3 Å². The predicted octanol–water partition coefficient (Wildman–Crippen LogP) is 2.93. The Morgan fingerprint density at radius 3 is 3.05 bits per heavy atom. The second kappa shape index (κ2) is 6.32. The van der Waals surface area contributed by atoms with Gasteiger partial charge in [0.15, 0.2) is 0 Å². The molecule has 110 valence electrons. The lowest BCUT2D eigenvalue weighted by molar-refractivity contribution is -0.384. The highest BCUT2D eigenvalue weighted by atomic mass is 16.6. The van der Waals surface area contributed by atoms with E-state index in [9.17, 15) is 10.1 Å². The van der Waals surface area contributed by atoms with Gasteiger partial charge >= 0.3 is 0 Å². The molecule has 22 heavy (non-hydrogen) atoms. The minimum Gasteiger partial charge on any atom is -0.418 e. The summed E-state index contributed by atoms with van der Waals surface area (Å²) in [5.41, 5.74) is 3.66. The van der Waals surface area contributed by atoms with Crippen LogP contribution >= 0.6 is 0 Å². The van der Waals surface area contributed by atoms with Crippen LogP contribution in [-0.4, -0.2) is 16.1 Å². The van der Waals surface area contributed by atoms with E-state index in [-0.39, 0.29) is 23.2 Å². The van der Waals surface area contributed by atoms with Gasteiger partial charge in [-0.3, -0.25) is 10.1 Å². The molecule has 0 saturated heterocycles. The molecule has 0 saturated carbocycles. The van der Waals surface area contributed by atoms with E-state index < -0.39 is 4.92 Å². The molecule has 2 rings (SSSR count). The van der Waals surface area contributed by atoms with Crippen molar-refractivity contribution in [3.8, 4) is 6.07 Å². The quantitative estimate of drug-likeness (QED) is 0.515. The molecule has 2 aromatic rings. The summed E-state index contributed by atoms with van der Waals surface area (Å²) >= 11 is 0. The molecule has 1 N–H and O–H groups in total. The lowest BCUT2D eigenvalue weighted by atomic mass is 10.2. The number of hydrazone groups is 1. The standard InChI is InChI=1S/C14H11N5O3/c1-9(2)13-17-12(7-15)14(22-13)18-16-8-10-4-3-5-11(6-10)19(20)21/h3-6,8,18H,1H2,2H3. The molecule has 1 heterocycles. The van der Waals surface area contributed by atoms with Gasteiger partial charge in [0.1, 0.15) is 6.07 Å². The Labute approximate surface area is 125 Å². The number of anilines is 1. The van der Waals surface area contributed by atoms with Gasteiger partial charge in [-0.05, 0) is 6.92 Å². The summed E-state index contributed by atoms with van der Waals surface area (Å²) in [5.74, 6) is 0.326. The summed E-state index contributed by atoms with van der Waals surface area (Å²) in [5, 5.41) is 23.5. The molecule has 0 amide bonds. The van der Waals surface area contributed by atoms with Crippen molar-refractivity contribution in [1.82, 2.24) is 4.98 Å². The number of nitro benzene ring substituents is 1. The monoisotopic (exact) mass is 297 g/mol. The van der Waals surface area contributed by atoms with Gasteiger partial charge in [-0.1, -0.05) is 18.7 Å². The Morgan fingerprint density at radius 2 is 2.41 bits per heavy atom. The van der Waals surface area contributed by atoms with Crippen LogP contribution in [0.5, 0.6) is 0 Å². The van der Waals surface area contributed by atoms with Crippen molar-refractivity contribution in [3.05, 3.63) is 58.1 Å². The predicted molar refractivity (Wildman–Crippen MR) is 80.2 cm³/mol. The summed E-state index contributed by atoms with van der Waals surface area (Å²) < 4.78 is 5.30. The topological polar surface area (TPSA) is 117 Å². The number of allylic oxidation sites excluding steroid dienone is 1. The van der Waals surface area contributed by atoms with Crippen molar-refractivity contribution < 1.29 is 9.34 Å². The van der Waals surface area contributed by atoms with Crippen molar-refractivity contribution in [2.45, 2.75) is 6.92 Å². The zero-order valence-corrected chi connectivity index (χ0v) is 11.6. The minimum atomic E-state index is -0.492. The number of nitriles is 1. The van der Waals surface area contributed by atoms with Crippen LogP contribution in [0, 0.1) is 21.4 Å². The second-order valence-electron chi connectivity index (χ2n) is 4.31. The van der Waals surface area contributed by atoms with E-state index >= 15 is 0 Å². The minimum absolute atomic E-state index is 0.0362. The van der Waals surface area contributed by atoms with Crippen LogP contribution < -0.4 is 5.43 Å². The first-order chi connectivity index (χ1) is 10.5. The Balaban J connectivity index is 2.16. The maximum absolute atomic E-state index is 10.7. The van der Waals surface area contributed by atoms with Crippen molar-refractivity contribution in [3.63, 3.8) is 0 Å². The van der Waals surface area contributed by atoms with Crippen LogP contribution in [0.4, 0.5) is 11.6 Å². The third-order valence-electron chi connectivity index (χ3n) is 2.56. The fraction of sp³-hybridized carbons (Fsp3) is 0.0714. The van der Waals surface area contributed by atoms with Crippen LogP contribution in [0.25, 0.3) is 5.57 Å². The molecule has 0 fully saturated rings. The Bertz CT molecular complexity index is 801. The van der Waals surface area contributed by atoms with E-state index in [1.807, 2.05) is 6.07 Å². The van der Waals surface area contributed by atoms with Gasteiger partial charge in [0.2, 0.25) is 11.6 Å². The fourth-order valence-electron chi connectivity index (χ4n) is 1.54. The molecule has 1 aromatic heterocycles. The zero-order chi connectivity index (χ0) is 16.1. The van der Waals surface area contributed by atoms with Gasteiger partial charge in [-0.25, -0.2) is 5.43 Å². The van der Waals surface area contributed by atoms with Gasteiger partial charge in [0.05, 0.1) is 11.1 Å². The molecular formula is C14H11N5O3. The summed E-state index contributed by atoms with van der Waals surface area (Å²) in [6.45, 7) is 5.37. The lowest BCUT2D eigenvalue weighted by Gasteiger charge is -1.96. The number of nitro groups is 1. The normalized spacial score (nSPS) is 10.4. The highest BCUT2D eigenvalue weighted by Gasteiger charge is 2.12. The lowest BCUT2D eigenvalue weighted by Crippen LogP contribution is -1.93. The van der Waals surface area contributed by atoms with Gasteiger partial charge in [0, 0.05) is 23.3 Å². The van der Waals surface area contributed by atoms with Crippen LogP contribution in [-0.2, 0) is 0 Å². The number of non-ortho nitro benzene ring substituents is 1. The number of oxazole rings is 1. The molecule has 8 heteroatoms. The molecule has 0 spiro atoms. The van der Waals surface area contributed by atoms with E-state index in [0.717, 1.165) is 0 Å². The fourth-order valence-corrected chi connectivity index (χ4v) is 1.54. The number of aromatic nitrogens is 1. The second-order valence-corrected chi connectivity index (χ2v) is 4.31.